The predicted molar refractivity (Wildman–Crippen MR) is 164 cm³/mol. The molecule has 1 aliphatic rings. The Morgan fingerprint density at radius 3 is 2.22 bits per heavy atom. The highest BCUT2D eigenvalue weighted by Crippen LogP contribution is 2.30. The van der Waals surface area contributed by atoms with Crippen molar-refractivity contribution in [2.45, 2.75) is 69.5 Å². The first-order valence-electron chi connectivity index (χ1n) is 13.8. The zero-order valence-corrected chi connectivity index (χ0v) is 25.6. The number of carbonyl (C=O) groups is 2. The zero-order valence-electron chi connectivity index (χ0n) is 23.2. The van der Waals surface area contributed by atoms with Gasteiger partial charge in [0, 0.05) is 22.6 Å². The van der Waals surface area contributed by atoms with Crippen LogP contribution in [0.15, 0.2) is 77.7 Å². The summed E-state index contributed by atoms with van der Waals surface area (Å²) in [6.07, 6.45) is 4.29. The topological polar surface area (TPSA) is 86.8 Å². The molecule has 2 amide bonds. The number of nitrogens with one attached hydrogen (secondary N) is 1. The molecule has 1 saturated carbocycles. The fraction of sp³-hybridized carbons (Fsp3) is 0.355. The van der Waals surface area contributed by atoms with E-state index >= 15 is 0 Å². The van der Waals surface area contributed by atoms with Crippen LogP contribution in [-0.4, -0.2) is 43.8 Å². The Labute approximate surface area is 252 Å². The van der Waals surface area contributed by atoms with Gasteiger partial charge < -0.3 is 10.2 Å². The molecule has 0 saturated heterocycles. The number of aryl methyl sites for hydroxylation is 1. The van der Waals surface area contributed by atoms with Crippen molar-refractivity contribution in [1.29, 1.82) is 0 Å². The third kappa shape index (κ3) is 7.61. The van der Waals surface area contributed by atoms with Crippen LogP contribution in [0, 0.1) is 6.92 Å². The molecule has 0 radical (unpaired) electrons. The third-order valence-corrected chi connectivity index (χ3v) is 9.66. The van der Waals surface area contributed by atoms with Gasteiger partial charge in [-0.05, 0) is 73.7 Å². The highest BCUT2D eigenvalue weighted by atomic mass is 35.5. The molecule has 3 aromatic rings. The van der Waals surface area contributed by atoms with Crippen molar-refractivity contribution in [1.82, 2.24) is 10.2 Å². The second kappa shape index (κ2) is 13.7. The van der Waals surface area contributed by atoms with Gasteiger partial charge in [0.2, 0.25) is 11.8 Å². The van der Waals surface area contributed by atoms with Gasteiger partial charge in [-0.2, -0.15) is 0 Å². The lowest BCUT2D eigenvalue weighted by atomic mass is 10.1. The lowest BCUT2D eigenvalue weighted by Gasteiger charge is -2.34. The summed E-state index contributed by atoms with van der Waals surface area (Å²) in [5.41, 5.74) is 1.70. The summed E-state index contributed by atoms with van der Waals surface area (Å²) in [5, 5.41) is 4.00. The molecule has 218 valence electrons. The molecule has 0 bridgehead atoms. The van der Waals surface area contributed by atoms with Crippen molar-refractivity contribution in [2.75, 3.05) is 10.8 Å². The average molecular weight is 617 g/mol. The number of hydrogen-bond donors (Lipinski definition) is 1. The number of anilines is 1. The summed E-state index contributed by atoms with van der Waals surface area (Å²) in [5.74, 6) is -0.745. The molecule has 4 rings (SSSR count). The largest absolute Gasteiger partial charge is 0.352 e. The molecule has 7 nitrogen and oxygen atoms in total. The Morgan fingerprint density at radius 1 is 0.951 bits per heavy atom. The number of nitrogens with zero attached hydrogens (tertiary/aromatic N) is 2. The van der Waals surface area contributed by atoms with Gasteiger partial charge in [0.15, 0.2) is 0 Å². The van der Waals surface area contributed by atoms with Gasteiger partial charge in [0.05, 0.1) is 10.6 Å². The van der Waals surface area contributed by atoms with Crippen LogP contribution in [0.25, 0.3) is 0 Å². The summed E-state index contributed by atoms with van der Waals surface area (Å²) < 4.78 is 29.0. The van der Waals surface area contributed by atoms with Gasteiger partial charge in [-0.3, -0.25) is 13.9 Å². The van der Waals surface area contributed by atoms with E-state index in [0.717, 1.165) is 35.6 Å². The van der Waals surface area contributed by atoms with Crippen LogP contribution in [0.2, 0.25) is 10.0 Å². The maximum absolute atomic E-state index is 14.2. The van der Waals surface area contributed by atoms with Gasteiger partial charge in [0.1, 0.15) is 12.6 Å². The molecule has 0 aliphatic heterocycles. The number of hydrogen-bond acceptors (Lipinski definition) is 4. The standard InChI is InChI=1S/C31H35Cl2N3O4S/c1-3-28(31(38)34-26-9-7-8-10-26)35(20-23-14-17-24(32)18-15-23)30(37)21-36(29-19-25(33)16-13-22(29)2)41(39,40)27-11-5-4-6-12-27/h4-6,11-19,26,28H,3,7-10,20-21H2,1-2H3,(H,34,38)/t28-/m0/s1. The summed E-state index contributed by atoms with van der Waals surface area (Å²) in [7, 11) is -4.16. The molecule has 1 atom stereocenters. The zero-order chi connectivity index (χ0) is 29.6. The minimum Gasteiger partial charge on any atom is -0.352 e. The smallest absolute Gasteiger partial charge is 0.264 e. The molecule has 0 unspecified atom stereocenters. The van der Waals surface area contributed by atoms with Crippen LogP contribution >= 0.6 is 23.2 Å². The van der Waals surface area contributed by atoms with E-state index in [1.165, 1.54) is 23.1 Å². The SMILES string of the molecule is CC[C@@H](C(=O)NC1CCCC1)N(Cc1ccc(Cl)cc1)C(=O)CN(c1cc(Cl)ccc1C)S(=O)(=O)c1ccccc1. The van der Waals surface area contributed by atoms with Crippen LogP contribution in [0.1, 0.15) is 50.2 Å². The molecule has 10 heteroatoms. The van der Waals surface area contributed by atoms with E-state index in [1.54, 1.807) is 61.5 Å². The number of halogens is 2. The third-order valence-electron chi connectivity index (χ3n) is 7.40. The van der Waals surface area contributed by atoms with Crippen molar-refractivity contribution >= 4 is 50.7 Å². The molecule has 1 fully saturated rings. The van der Waals surface area contributed by atoms with Crippen molar-refractivity contribution in [3.05, 3.63) is 94.0 Å². The Morgan fingerprint density at radius 2 is 1.59 bits per heavy atom. The Hall–Kier alpha value is -3.07. The minimum atomic E-state index is -4.16. The van der Waals surface area contributed by atoms with E-state index in [4.69, 9.17) is 23.2 Å². The molecule has 1 N–H and O–H groups in total. The fourth-order valence-electron chi connectivity index (χ4n) is 5.16. The summed E-state index contributed by atoms with van der Waals surface area (Å²) in [6.45, 7) is 3.21. The molecular weight excluding hydrogens is 581 g/mol. The van der Waals surface area contributed by atoms with Crippen LogP contribution < -0.4 is 9.62 Å². The summed E-state index contributed by atoms with van der Waals surface area (Å²) in [6, 6.07) is 19.2. The lowest BCUT2D eigenvalue weighted by molar-refractivity contribution is -0.140. The highest BCUT2D eigenvalue weighted by molar-refractivity contribution is 7.92. The van der Waals surface area contributed by atoms with Gasteiger partial charge in [-0.15, -0.1) is 0 Å². The number of carbonyl (C=O) groups excluding carboxylic acids is 2. The van der Waals surface area contributed by atoms with Crippen LogP contribution in [0.3, 0.4) is 0 Å². The number of amides is 2. The van der Waals surface area contributed by atoms with Crippen LogP contribution in [-0.2, 0) is 26.2 Å². The first kappa shape index (κ1) is 30.9. The Balaban J connectivity index is 1.73. The van der Waals surface area contributed by atoms with E-state index in [1.807, 2.05) is 6.92 Å². The van der Waals surface area contributed by atoms with E-state index in [-0.39, 0.29) is 23.4 Å². The molecule has 0 aromatic heterocycles. The fourth-order valence-corrected chi connectivity index (χ4v) is 6.94. The first-order valence-corrected chi connectivity index (χ1v) is 16.0. The maximum atomic E-state index is 14.2. The van der Waals surface area contributed by atoms with Gasteiger partial charge in [-0.1, -0.05) is 79.4 Å². The average Bonchev–Trinajstić information content (AvgIpc) is 3.47. The summed E-state index contributed by atoms with van der Waals surface area (Å²) >= 11 is 12.4. The molecular formula is C31H35Cl2N3O4S. The van der Waals surface area contributed by atoms with Crippen molar-refractivity contribution < 1.29 is 18.0 Å². The van der Waals surface area contributed by atoms with E-state index < -0.39 is 28.5 Å². The normalized spacial score (nSPS) is 14.4. The molecule has 1 aliphatic carbocycles. The van der Waals surface area contributed by atoms with Crippen molar-refractivity contribution in [3.8, 4) is 0 Å². The molecule has 0 heterocycles. The second-order valence-electron chi connectivity index (χ2n) is 10.3. The summed E-state index contributed by atoms with van der Waals surface area (Å²) in [4.78, 5) is 29.2. The Kier molecular flexibility index (Phi) is 10.3. The lowest BCUT2D eigenvalue weighted by Crippen LogP contribution is -2.53. The number of benzene rings is 3. The Bertz CT molecular complexity index is 1460. The monoisotopic (exact) mass is 615 g/mol. The maximum Gasteiger partial charge on any atom is 0.264 e. The van der Waals surface area contributed by atoms with E-state index in [9.17, 15) is 18.0 Å². The van der Waals surface area contributed by atoms with Gasteiger partial charge in [-0.25, -0.2) is 8.42 Å². The van der Waals surface area contributed by atoms with E-state index in [2.05, 4.69) is 5.32 Å². The molecule has 41 heavy (non-hydrogen) atoms. The number of rotatable bonds is 11. The quantitative estimate of drug-likeness (QED) is 0.272. The van der Waals surface area contributed by atoms with Crippen LogP contribution in [0.5, 0.6) is 0 Å². The highest BCUT2D eigenvalue weighted by Gasteiger charge is 2.35. The predicted octanol–water partition coefficient (Wildman–Crippen LogP) is 6.36. The van der Waals surface area contributed by atoms with Gasteiger partial charge in [0.25, 0.3) is 10.0 Å². The van der Waals surface area contributed by atoms with Crippen molar-refractivity contribution in [3.63, 3.8) is 0 Å². The molecule has 0 spiro atoms. The number of sulfonamides is 1. The van der Waals surface area contributed by atoms with Crippen LogP contribution in [0.4, 0.5) is 5.69 Å². The van der Waals surface area contributed by atoms with Crippen molar-refractivity contribution in [2.24, 2.45) is 0 Å². The van der Waals surface area contributed by atoms with Gasteiger partial charge >= 0.3 is 0 Å². The minimum absolute atomic E-state index is 0.0439. The first-order chi connectivity index (χ1) is 19.6. The molecule has 3 aromatic carbocycles. The second-order valence-corrected chi connectivity index (χ2v) is 13.1. The van der Waals surface area contributed by atoms with E-state index in [0.29, 0.717) is 27.7 Å².